The largest absolute Gasteiger partial charge is 0.495 e. The van der Waals surface area contributed by atoms with Crippen molar-refractivity contribution in [2.75, 3.05) is 39.1 Å². The molecule has 2 N–H and O–H groups in total. The van der Waals surface area contributed by atoms with Crippen LogP contribution in [-0.2, 0) is 4.79 Å². The number of aryl methyl sites for hydroxylation is 1. The first-order valence-corrected chi connectivity index (χ1v) is 7.46. The van der Waals surface area contributed by atoms with Crippen molar-refractivity contribution >= 4 is 24.0 Å². The molecular weight excluding hydrogens is 302 g/mol. The lowest BCUT2D eigenvalue weighted by molar-refractivity contribution is -0.117. The van der Waals surface area contributed by atoms with E-state index in [0.29, 0.717) is 18.3 Å². The zero-order valence-electron chi connectivity index (χ0n) is 13.5. The van der Waals surface area contributed by atoms with Gasteiger partial charge in [-0.1, -0.05) is 6.07 Å². The van der Waals surface area contributed by atoms with E-state index in [4.69, 9.17) is 4.74 Å². The summed E-state index contributed by atoms with van der Waals surface area (Å²) in [7, 11) is 3.59. The molecule has 1 aliphatic rings. The molecule has 0 radical (unpaired) electrons. The second-order valence-corrected chi connectivity index (χ2v) is 5.61. The highest BCUT2D eigenvalue weighted by molar-refractivity contribution is 5.93. The number of carbonyl (C=O) groups excluding carboxylic acids is 1. The minimum absolute atomic E-state index is 0. The number of methoxy groups -OCH3 is 1. The summed E-state index contributed by atoms with van der Waals surface area (Å²) in [5, 5.41) is 6.25. The summed E-state index contributed by atoms with van der Waals surface area (Å²) in [5.41, 5.74) is 1.84. The van der Waals surface area contributed by atoms with Gasteiger partial charge in [-0.25, -0.2) is 0 Å². The molecule has 124 valence electrons. The lowest BCUT2D eigenvalue weighted by Crippen LogP contribution is -2.46. The maximum Gasteiger partial charge on any atom is 0.238 e. The third kappa shape index (κ3) is 5.16. The summed E-state index contributed by atoms with van der Waals surface area (Å²) in [6.07, 6.45) is 2.31. The second-order valence-electron chi connectivity index (χ2n) is 5.61. The SMILES string of the molecule is CNC1CCCN(CC(=O)Nc2cc(C)ccc2OC)C1.Cl. The summed E-state index contributed by atoms with van der Waals surface area (Å²) < 4.78 is 5.29. The van der Waals surface area contributed by atoms with E-state index in [2.05, 4.69) is 15.5 Å². The zero-order valence-corrected chi connectivity index (χ0v) is 14.3. The Kier molecular flexibility index (Phi) is 7.65. The van der Waals surface area contributed by atoms with E-state index in [1.54, 1.807) is 7.11 Å². The normalized spacial score (nSPS) is 18.4. The number of hydrogen-bond acceptors (Lipinski definition) is 4. The third-order valence-electron chi connectivity index (χ3n) is 3.91. The number of nitrogens with zero attached hydrogens (tertiary/aromatic N) is 1. The monoisotopic (exact) mass is 327 g/mol. The maximum absolute atomic E-state index is 12.2. The fourth-order valence-electron chi connectivity index (χ4n) is 2.75. The van der Waals surface area contributed by atoms with Gasteiger partial charge in [0, 0.05) is 12.6 Å². The molecule has 0 bridgehead atoms. The van der Waals surface area contributed by atoms with Crippen LogP contribution in [0, 0.1) is 6.92 Å². The Hall–Kier alpha value is -1.30. The van der Waals surface area contributed by atoms with Crippen molar-refractivity contribution in [1.82, 2.24) is 10.2 Å². The van der Waals surface area contributed by atoms with Crippen molar-refractivity contribution in [2.24, 2.45) is 0 Å². The molecule has 5 nitrogen and oxygen atoms in total. The molecule has 1 amide bonds. The highest BCUT2D eigenvalue weighted by atomic mass is 35.5. The van der Waals surface area contributed by atoms with Gasteiger partial charge in [0.2, 0.25) is 5.91 Å². The molecule has 22 heavy (non-hydrogen) atoms. The molecule has 1 aliphatic heterocycles. The molecule has 1 atom stereocenters. The van der Waals surface area contributed by atoms with Gasteiger partial charge in [0.05, 0.1) is 19.3 Å². The van der Waals surface area contributed by atoms with Crippen molar-refractivity contribution in [3.8, 4) is 5.75 Å². The van der Waals surface area contributed by atoms with Crippen LogP contribution in [-0.4, -0.2) is 50.6 Å². The van der Waals surface area contributed by atoms with Crippen molar-refractivity contribution in [1.29, 1.82) is 0 Å². The van der Waals surface area contributed by atoms with E-state index >= 15 is 0 Å². The van der Waals surface area contributed by atoms with Crippen LogP contribution in [0.25, 0.3) is 0 Å². The Morgan fingerprint density at radius 3 is 2.91 bits per heavy atom. The topological polar surface area (TPSA) is 53.6 Å². The van der Waals surface area contributed by atoms with Crippen LogP contribution >= 0.6 is 12.4 Å². The highest BCUT2D eigenvalue weighted by Crippen LogP contribution is 2.25. The Labute approximate surface area is 138 Å². The van der Waals surface area contributed by atoms with Crippen LogP contribution in [0.1, 0.15) is 18.4 Å². The molecule has 0 aromatic heterocycles. The van der Waals surface area contributed by atoms with Crippen molar-refractivity contribution < 1.29 is 9.53 Å². The molecule has 0 spiro atoms. The highest BCUT2D eigenvalue weighted by Gasteiger charge is 2.20. The number of ether oxygens (including phenoxy) is 1. The second kappa shape index (κ2) is 8.98. The smallest absolute Gasteiger partial charge is 0.238 e. The summed E-state index contributed by atoms with van der Waals surface area (Å²) in [6, 6.07) is 6.27. The lowest BCUT2D eigenvalue weighted by atomic mass is 10.1. The first kappa shape index (κ1) is 18.7. The van der Waals surface area contributed by atoms with Crippen LogP contribution in [0.4, 0.5) is 5.69 Å². The molecule has 1 aromatic carbocycles. The predicted molar refractivity (Wildman–Crippen MR) is 92.1 cm³/mol. The predicted octanol–water partition coefficient (Wildman–Crippen LogP) is 2.05. The Morgan fingerprint density at radius 1 is 1.45 bits per heavy atom. The summed E-state index contributed by atoms with van der Waals surface area (Å²) >= 11 is 0. The number of benzene rings is 1. The van der Waals surface area contributed by atoms with E-state index in [0.717, 1.165) is 30.8 Å². The fraction of sp³-hybridized carbons (Fsp3) is 0.562. The molecule has 1 saturated heterocycles. The Bertz CT molecular complexity index is 496. The zero-order chi connectivity index (χ0) is 15.2. The minimum Gasteiger partial charge on any atom is -0.495 e. The molecule has 0 saturated carbocycles. The first-order chi connectivity index (χ1) is 10.1. The molecule has 6 heteroatoms. The van der Waals surface area contributed by atoms with Crippen LogP contribution in [0.15, 0.2) is 18.2 Å². The molecule has 1 aromatic rings. The molecule has 1 heterocycles. The van der Waals surface area contributed by atoms with E-state index in [1.165, 1.54) is 6.42 Å². The van der Waals surface area contributed by atoms with Crippen LogP contribution in [0.5, 0.6) is 5.75 Å². The average molecular weight is 328 g/mol. The van der Waals surface area contributed by atoms with Gasteiger partial charge in [0.1, 0.15) is 5.75 Å². The number of nitrogens with one attached hydrogen (secondary N) is 2. The number of amides is 1. The van der Waals surface area contributed by atoms with E-state index in [9.17, 15) is 4.79 Å². The van der Waals surface area contributed by atoms with Gasteiger partial charge >= 0.3 is 0 Å². The number of anilines is 1. The van der Waals surface area contributed by atoms with Gasteiger partial charge in [-0.05, 0) is 51.1 Å². The molecule has 2 rings (SSSR count). The number of carbonyl (C=O) groups is 1. The summed E-state index contributed by atoms with van der Waals surface area (Å²) in [5.74, 6) is 0.705. The number of likely N-dealkylation sites (tertiary alicyclic amines) is 1. The number of likely N-dealkylation sites (N-methyl/N-ethyl adjacent to an activating group) is 1. The van der Waals surface area contributed by atoms with E-state index < -0.39 is 0 Å². The van der Waals surface area contributed by atoms with Gasteiger partial charge in [-0.2, -0.15) is 0 Å². The van der Waals surface area contributed by atoms with Crippen LogP contribution in [0.3, 0.4) is 0 Å². The van der Waals surface area contributed by atoms with Gasteiger partial charge < -0.3 is 15.4 Å². The van der Waals surface area contributed by atoms with Crippen LogP contribution in [0.2, 0.25) is 0 Å². The fourth-order valence-corrected chi connectivity index (χ4v) is 2.75. The summed E-state index contributed by atoms with van der Waals surface area (Å²) in [6.45, 7) is 4.33. The summed E-state index contributed by atoms with van der Waals surface area (Å²) in [4.78, 5) is 14.4. The van der Waals surface area contributed by atoms with E-state index in [1.807, 2.05) is 32.2 Å². The molecular formula is C16H26ClN3O2. The van der Waals surface area contributed by atoms with Gasteiger partial charge in [-0.15, -0.1) is 12.4 Å². The number of hydrogen-bond donors (Lipinski definition) is 2. The first-order valence-electron chi connectivity index (χ1n) is 7.46. The lowest BCUT2D eigenvalue weighted by Gasteiger charge is -2.31. The van der Waals surface area contributed by atoms with Gasteiger partial charge in [0.25, 0.3) is 0 Å². The quantitative estimate of drug-likeness (QED) is 0.869. The number of piperidine rings is 1. The maximum atomic E-state index is 12.2. The Balaban J connectivity index is 0.00000242. The Morgan fingerprint density at radius 2 is 2.23 bits per heavy atom. The number of rotatable bonds is 5. The van der Waals surface area contributed by atoms with E-state index in [-0.39, 0.29) is 18.3 Å². The number of halogens is 1. The third-order valence-corrected chi connectivity index (χ3v) is 3.91. The van der Waals surface area contributed by atoms with Crippen molar-refractivity contribution in [3.63, 3.8) is 0 Å². The molecule has 1 fully saturated rings. The average Bonchev–Trinajstić information content (AvgIpc) is 2.47. The van der Waals surface area contributed by atoms with Gasteiger partial charge in [-0.3, -0.25) is 9.69 Å². The van der Waals surface area contributed by atoms with Crippen molar-refractivity contribution in [2.45, 2.75) is 25.8 Å². The minimum atomic E-state index is 0. The molecule has 0 aliphatic carbocycles. The molecule has 1 unspecified atom stereocenters. The standard InChI is InChI=1S/C16H25N3O2.ClH/c1-12-6-7-15(21-3)14(9-12)18-16(20)11-19-8-4-5-13(10-19)17-2;/h6-7,9,13,17H,4-5,8,10-11H2,1-3H3,(H,18,20);1H. The van der Waals surface area contributed by atoms with Crippen molar-refractivity contribution in [3.05, 3.63) is 23.8 Å². The van der Waals surface area contributed by atoms with Crippen LogP contribution < -0.4 is 15.4 Å². The van der Waals surface area contributed by atoms with Gasteiger partial charge in [0.15, 0.2) is 0 Å².